The second-order valence-corrected chi connectivity index (χ2v) is 3.62. The van der Waals surface area contributed by atoms with Crippen LogP contribution in [0.25, 0.3) is 0 Å². The average molecular weight is 211 g/mol. The number of aryl methyl sites for hydroxylation is 1. The predicted molar refractivity (Wildman–Crippen MR) is 57.9 cm³/mol. The Morgan fingerprint density at radius 1 is 1.73 bits per heavy atom. The van der Waals surface area contributed by atoms with E-state index in [0.717, 1.165) is 12.5 Å². The number of carboxylic acid groups (broad SMARTS) is 1. The van der Waals surface area contributed by atoms with Crippen LogP contribution < -0.4 is 4.90 Å². The van der Waals surface area contributed by atoms with Gasteiger partial charge in [-0.25, -0.2) is 4.98 Å². The summed E-state index contributed by atoms with van der Waals surface area (Å²) in [4.78, 5) is 16.9. The van der Waals surface area contributed by atoms with Gasteiger partial charge < -0.3 is 14.6 Å². The SMILES string of the molecule is CCN(CC(C)C(=O)O)c1nccn1C. The lowest BCUT2D eigenvalue weighted by Crippen LogP contribution is -2.33. The molecule has 1 aromatic heterocycles. The van der Waals surface area contributed by atoms with Crippen LogP contribution >= 0.6 is 0 Å². The molecule has 5 heteroatoms. The summed E-state index contributed by atoms with van der Waals surface area (Å²) in [5, 5.41) is 8.84. The van der Waals surface area contributed by atoms with Crippen LogP contribution in [0.5, 0.6) is 0 Å². The van der Waals surface area contributed by atoms with Crippen LogP contribution in [0.3, 0.4) is 0 Å². The first-order valence-electron chi connectivity index (χ1n) is 5.01. The van der Waals surface area contributed by atoms with Gasteiger partial charge in [-0.2, -0.15) is 0 Å². The number of hydrogen-bond donors (Lipinski definition) is 1. The molecule has 0 saturated carbocycles. The summed E-state index contributed by atoms with van der Waals surface area (Å²) in [6.07, 6.45) is 3.56. The molecule has 1 unspecified atom stereocenters. The molecule has 0 aliphatic carbocycles. The monoisotopic (exact) mass is 211 g/mol. The largest absolute Gasteiger partial charge is 0.481 e. The third-order valence-electron chi connectivity index (χ3n) is 2.38. The Kier molecular flexibility index (Phi) is 3.71. The van der Waals surface area contributed by atoms with E-state index in [4.69, 9.17) is 5.11 Å². The summed E-state index contributed by atoms with van der Waals surface area (Å²) in [6, 6.07) is 0. The van der Waals surface area contributed by atoms with Crippen LogP contribution in [0.1, 0.15) is 13.8 Å². The fraction of sp³-hybridized carbons (Fsp3) is 0.600. The molecule has 84 valence electrons. The molecular weight excluding hydrogens is 194 g/mol. The van der Waals surface area contributed by atoms with Gasteiger partial charge in [0, 0.05) is 32.5 Å². The Hall–Kier alpha value is -1.52. The lowest BCUT2D eigenvalue weighted by molar-refractivity contribution is -0.140. The van der Waals surface area contributed by atoms with Gasteiger partial charge in [0.1, 0.15) is 0 Å². The minimum absolute atomic E-state index is 0.387. The van der Waals surface area contributed by atoms with Crippen molar-refractivity contribution in [2.45, 2.75) is 13.8 Å². The highest BCUT2D eigenvalue weighted by Gasteiger charge is 2.17. The Labute approximate surface area is 89.3 Å². The maximum absolute atomic E-state index is 10.8. The van der Waals surface area contributed by atoms with Crippen LogP contribution in [0.4, 0.5) is 5.95 Å². The molecule has 15 heavy (non-hydrogen) atoms. The van der Waals surface area contributed by atoms with E-state index in [1.54, 1.807) is 13.1 Å². The highest BCUT2D eigenvalue weighted by atomic mass is 16.4. The third-order valence-corrected chi connectivity index (χ3v) is 2.38. The van der Waals surface area contributed by atoms with Crippen molar-refractivity contribution in [3.8, 4) is 0 Å². The quantitative estimate of drug-likeness (QED) is 0.788. The van der Waals surface area contributed by atoms with Crippen LogP contribution in [0.2, 0.25) is 0 Å². The lowest BCUT2D eigenvalue weighted by Gasteiger charge is -2.23. The number of rotatable bonds is 5. The van der Waals surface area contributed by atoms with Gasteiger partial charge in [-0.15, -0.1) is 0 Å². The van der Waals surface area contributed by atoms with Crippen LogP contribution in [0.15, 0.2) is 12.4 Å². The summed E-state index contributed by atoms with van der Waals surface area (Å²) < 4.78 is 1.89. The summed E-state index contributed by atoms with van der Waals surface area (Å²) >= 11 is 0. The van der Waals surface area contributed by atoms with E-state index in [-0.39, 0.29) is 5.92 Å². The zero-order valence-electron chi connectivity index (χ0n) is 9.34. The minimum Gasteiger partial charge on any atom is -0.481 e. The molecule has 0 saturated heterocycles. The number of hydrogen-bond acceptors (Lipinski definition) is 3. The molecule has 0 amide bonds. The number of aliphatic carboxylic acids is 1. The molecule has 1 aromatic rings. The lowest BCUT2D eigenvalue weighted by atomic mass is 10.2. The van der Waals surface area contributed by atoms with Gasteiger partial charge >= 0.3 is 5.97 Å². The standard InChI is InChI=1S/C10H17N3O2/c1-4-13(7-8(2)9(14)15)10-11-5-6-12(10)3/h5-6,8H,4,7H2,1-3H3,(H,14,15). The van der Waals surface area contributed by atoms with Crippen LogP contribution in [-0.2, 0) is 11.8 Å². The average Bonchev–Trinajstić information content (AvgIpc) is 2.60. The number of nitrogens with zero attached hydrogens (tertiary/aromatic N) is 3. The maximum Gasteiger partial charge on any atom is 0.308 e. The first kappa shape index (κ1) is 11.6. The van der Waals surface area contributed by atoms with Crippen molar-refractivity contribution in [2.75, 3.05) is 18.0 Å². The van der Waals surface area contributed by atoms with E-state index in [1.807, 2.05) is 29.6 Å². The normalized spacial score (nSPS) is 12.5. The van der Waals surface area contributed by atoms with Gasteiger partial charge in [0.05, 0.1) is 5.92 Å². The highest BCUT2D eigenvalue weighted by molar-refractivity contribution is 5.70. The fourth-order valence-electron chi connectivity index (χ4n) is 1.42. The zero-order chi connectivity index (χ0) is 11.4. The van der Waals surface area contributed by atoms with Crippen molar-refractivity contribution in [3.05, 3.63) is 12.4 Å². The topological polar surface area (TPSA) is 58.4 Å². The molecule has 5 nitrogen and oxygen atoms in total. The van der Waals surface area contributed by atoms with E-state index in [1.165, 1.54) is 0 Å². The van der Waals surface area contributed by atoms with Gasteiger partial charge in [0.2, 0.25) is 5.95 Å². The molecule has 0 radical (unpaired) electrons. The van der Waals surface area contributed by atoms with Crippen molar-refractivity contribution < 1.29 is 9.90 Å². The highest BCUT2D eigenvalue weighted by Crippen LogP contribution is 2.11. The van der Waals surface area contributed by atoms with Crippen LogP contribution in [-0.4, -0.2) is 33.7 Å². The Morgan fingerprint density at radius 3 is 2.80 bits per heavy atom. The molecule has 0 aromatic carbocycles. The number of imidazole rings is 1. The molecule has 1 N–H and O–H groups in total. The molecule has 0 aliphatic rings. The van der Waals surface area contributed by atoms with Gasteiger partial charge in [0.15, 0.2) is 0 Å². The van der Waals surface area contributed by atoms with Gasteiger partial charge in [-0.1, -0.05) is 6.92 Å². The number of carbonyl (C=O) groups is 1. The summed E-state index contributed by atoms with van der Waals surface area (Å²) in [5.41, 5.74) is 0. The zero-order valence-corrected chi connectivity index (χ0v) is 9.34. The van der Waals surface area contributed by atoms with E-state index in [2.05, 4.69) is 4.98 Å². The van der Waals surface area contributed by atoms with Crippen molar-refractivity contribution in [1.82, 2.24) is 9.55 Å². The molecule has 0 spiro atoms. The van der Waals surface area contributed by atoms with Crippen LogP contribution in [0, 0.1) is 5.92 Å². The molecule has 0 bridgehead atoms. The number of anilines is 1. The second kappa shape index (κ2) is 4.82. The predicted octanol–water partition coefficient (Wildman–Crippen LogP) is 0.967. The Bertz CT molecular complexity index is 335. The molecule has 1 rings (SSSR count). The Balaban J connectivity index is 2.73. The van der Waals surface area contributed by atoms with Crippen molar-refractivity contribution in [1.29, 1.82) is 0 Å². The maximum atomic E-state index is 10.8. The van der Waals surface area contributed by atoms with E-state index >= 15 is 0 Å². The first-order chi connectivity index (χ1) is 7.06. The molecule has 1 atom stereocenters. The van der Waals surface area contributed by atoms with E-state index in [0.29, 0.717) is 6.54 Å². The first-order valence-corrected chi connectivity index (χ1v) is 5.01. The minimum atomic E-state index is -0.775. The molecule has 0 aliphatic heterocycles. The van der Waals surface area contributed by atoms with Gasteiger partial charge in [-0.3, -0.25) is 4.79 Å². The van der Waals surface area contributed by atoms with E-state index < -0.39 is 5.97 Å². The Morgan fingerprint density at radius 2 is 2.40 bits per heavy atom. The summed E-state index contributed by atoms with van der Waals surface area (Å²) in [7, 11) is 1.90. The number of carboxylic acids is 1. The fourth-order valence-corrected chi connectivity index (χ4v) is 1.42. The van der Waals surface area contributed by atoms with Crippen molar-refractivity contribution in [3.63, 3.8) is 0 Å². The second-order valence-electron chi connectivity index (χ2n) is 3.62. The van der Waals surface area contributed by atoms with Crippen molar-refractivity contribution >= 4 is 11.9 Å². The van der Waals surface area contributed by atoms with E-state index in [9.17, 15) is 4.79 Å². The molecule has 1 heterocycles. The van der Waals surface area contributed by atoms with Gasteiger partial charge in [-0.05, 0) is 6.92 Å². The molecule has 0 fully saturated rings. The van der Waals surface area contributed by atoms with Gasteiger partial charge in [0.25, 0.3) is 0 Å². The third kappa shape index (κ3) is 2.71. The molecular formula is C10H17N3O2. The number of aromatic nitrogens is 2. The summed E-state index contributed by atoms with van der Waals surface area (Å²) in [5.74, 6) is -0.352. The van der Waals surface area contributed by atoms with Crippen molar-refractivity contribution in [2.24, 2.45) is 13.0 Å². The summed E-state index contributed by atoms with van der Waals surface area (Å²) in [6.45, 7) is 4.93. The smallest absolute Gasteiger partial charge is 0.308 e.